The Bertz CT molecular complexity index is 1080. The summed E-state index contributed by atoms with van der Waals surface area (Å²) < 4.78 is 6.16. The number of amides is 1. The Hall–Kier alpha value is -2.52. The summed E-state index contributed by atoms with van der Waals surface area (Å²) >= 11 is 4.99. The quantitative estimate of drug-likeness (QED) is 0.284. The summed E-state index contributed by atoms with van der Waals surface area (Å²) in [5.74, 6) is 0. The zero-order valence-corrected chi connectivity index (χ0v) is 18.4. The Morgan fingerprint density at radius 2 is 2.10 bits per heavy atom. The van der Waals surface area contributed by atoms with Gasteiger partial charge in [-0.05, 0) is 43.5 Å². The standard InChI is InChI=1S/C20H20BrN3O4S/c1-20(2,28-19(22)25)11-17-23-18-15(8-12(6-7-21)9-16(18)29-17)13-4-3-5-14(10-13)24(26)27/h3-5,8-10H,6-7,11H2,1-2H3,(H2,22,25). The number of alkyl halides is 1. The van der Waals surface area contributed by atoms with Gasteiger partial charge in [-0.15, -0.1) is 11.3 Å². The van der Waals surface area contributed by atoms with Gasteiger partial charge in [-0.1, -0.05) is 28.1 Å². The largest absolute Gasteiger partial charge is 0.443 e. The molecule has 1 aromatic heterocycles. The van der Waals surface area contributed by atoms with Gasteiger partial charge in [-0.3, -0.25) is 10.1 Å². The van der Waals surface area contributed by atoms with E-state index in [1.807, 2.05) is 12.1 Å². The van der Waals surface area contributed by atoms with Crippen molar-refractivity contribution in [3.8, 4) is 11.1 Å². The minimum atomic E-state index is -0.826. The number of nitrogens with two attached hydrogens (primary N) is 1. The lowest BCUT2D eigenvalue weighted by atomic mass is 10.00. The number of fused-ring (bicyclic) bond motifs is 1. The number of primary amides is 1. The number of benzene rings is 2. The normalized spacial score (nSPS) is 11.6. The SMILES string of the molecule is CC(C)(Cc1nc2c(-c3cccc([N+](=O)[O-])c3)cc(CCBr)cc2s1)OC(N)=O. The molecule has 0 radical (unpaired) electrons. The maximum absolute atomic E-state index is 11.2. The van der Waals surface area contributed by atoms with Crippen molar-refractivity contribution in [2.75, 3.05) is 5.33 Å². The smallest absolute Gasteiger partial charge is 0.405 e. The molecule has 0 saturated carbocycles. The van der Waals surface area contributed by atoms with Crippen LogP contribution in [0.3, 0.4) is 0 Å². The molecule has 1 heterocycles. The second kappa shape index (κ2) is 8.46. The fourth-order valence-electron chi connectivity index (χ4n) is 3.14. The van der Waals surface area contributed by atoms with E-state index in [0.717, 1.165) is 43.7 Å². The molecule has 0 saturated heterocycles. The molecule has 0 atom stereocenters. The van der Waals surface area contributed by atoms with Crippen molar-refractivity contribution in [3.63, 3.8) is 0 Å². The van der Waals surface area contributed by atoms with Crippen molar-refractivity contribution >= 4 is 49.3 Å². The molecule has 0 spiro atoms. The molecule has 1 amide bonds. The third kappa shape index (κ3) is 5.10. The number of carbonyl (C=O) groups excluding carboxylic acids is 1. The Labute approximate surface area is 180 Å². The highest BCUT2D eigenvalue weighted by atomic mass is 79.9. The molecule has 0 aliphatic heterocycles. The molecule has 29 heavy (non-hydrogen) atoms. The summed E-state index contributed by atoms with van der Waals surface area (Å²) in [5.41, 5.74) is 7.88. The van der Waals surface area contributed by atoms with Crippen LogP contribution in [-0.2, 0) is 17.6 Å². The fraction of sp³-hybridized carbons (Fsp3) is 0.300. The number of aryl methyl sites for hydroxylation is 1. The molecular weight excluding hydrogens is 458 g/mol. The monoisotopic (exact) mass is 477 g/mol. The van der Waals surface area contributed by atoms with Gasteiger partial charge in [0.1, 0.15) is 5.60 Å². The fourth-order valence-corrected chi connectivity index (χ4v) is 4.87. The molecule has 7 nitrogen and oxygen atoms in total. The predicted molar refractivity (Wildman–Crippen MR) is 118 cm³/mol. The maximum Gasteiger partial charge on any atom is 0.405 e. The first-order valence-corrected chi connectivity index (χ1v) is 10.8. The number of hydrogen-bond donors (Lipinski definition) is 1. The second-order valence-corrected chi connectivity index (χ2v) is 9.11. The molecular formula is C20H20BrN3O4S. The number of nitro groups is 1. The third-order valence-corrected chi connectivity index (χ3v) is 5.70. The first-order chi connectivity index (χ1) is 13.7. The third-order valence-electron chi connectivity index (χ3n) is 4.30. The van der Waals surface area contributed by atoms with E-state index in [-0.39, 0.29) is 5.69 Å². The van der Waals surface area contributed by atoms with Crippen molar-refractivity contribution < 1.29 is 14.5 Å². The van der Waals surface area contributed by atoms with Gasteiger partial charge >= 0.3 is 6.09 Å². The highest BCUT2D eigenvalue weighted by Gasteiger charge is 2.25. The second-order valence-electron chi connectivity index (χ2n) is 7.20. The van der Waals surface area contributed by atoms with Gasteiger partial charge < -0.3 is 10.5 Å². The zero-order valence-electron chi connectivity index (χ0n) is 16.0. The highest BCUT2D eigenvalue weighted by molar-refractivity contribution is 9.09. The summed E-state index contributed by atoms with van der Waals surface area (Å²) in [7, 11) is 0. The van der Waals surface area contributed by atoms with Crippen LogP contribution < -0.4 is 5.73 Å². The molecule has 0 unspecified atom stereocenters. The van der Waals surface area contributed by atoms with E-state index in [1.165, 1.54) is 17.4 Å². The van der Waals surface area contributed by atoms with Gasteiger partial charge in [-0.25, -0.2) is 9.78 Å². The lowest BCUT2D eigenvalue weighted by molar-refractivity contribution is -0.384. The van der Waals surface area contributed by atoms with E-state index in [9.17, 15) is 14.9 Å². The number of thiazole rings is 1. The number of hydrogen-bond acceptors (Lipinski definition) is 6. The molecule has 3 rings (SSSR count). The first-order valence-electron chi connectivity index (χ1n) is 8.90. The Morgan fingerprint density at radius 3 is 2.76 bits per heavy atom. The zero-order chi connectivity index (χ0) is 21.2. The van der Waals surface area contributed by atoms with Gasteiger partial charge in [0.15, 0.2) is 0 Å². The van der Waals surface area contributed by atoms with E-state index >= 15 is 0 Å². The summed E-state index contributed by atoms with van der Waals surface area (Å²) in [5, 5.41) is 12.8. The molecule has 0 bridgehead atoms. The summed E-state index contributed by atoms with van der Waals surface area (Å²) in [6.45, 7) is 3.56. The number of halogens is 1. The van der Waals surface area contributed by atoms with Crippen LogP contribution in [0.5, 0.6) is 0 Å². The Balaban J connectivity index is 2.11. The molecule has 0 fully saturated rings. The van der Waals surface area contributed by atoms with E-state index in [0.29, 0.717) is 6.42 Å². The summed E-state index contributed by atoms with van der Waals surface area (Å²) in [6, 6.07) is 10.7. The maximum atomic E-state index is 11.2. The Kier molecular flexibility index (Phi) is 6.18. The van der Waals surface area contributed by atoms with E-state index in [1.54, 1.807) is 26.0 Å². The molecule has 152 valence electrons. The average molecular weight is 478 g/mol. The van der Waals surface area contributed by atoms with Crippen molar-refractivity contribution in [2.45, 2.75) is 32.3 Å². The number of rotatable bonds is 7. The number of carbonyl (C=O) groups is 1. The highest BCUT2D eigenvalue weighted by Crippen LogP contribution is 2.36. The van der Waals surface area contributed by atoms with Gasteiger partial charge in [-0.2, -0.15) is 0 Å². The van der Waals surface area contributed by atoms with Crippen molar-refractivity contribution in [3.05, 3.63) is 57.1 Å². The number of ether oxygens (including phenoxy) is 1. The number of nitrogens with zero attached hydrogens (tertiary/aromatic N) is 2. The van der Waals surface area contributed by atoms with E-state index < -0.39 is 16.6 Å². The van der Waals surface area contributed by atoms with Crippen LogP contribution in [0.4, 0.5) is 10.5 Å². The van der Waals surface area contributed by atoms with Crippen molar-refractivity contribution in [1.29, 1.82) is 0 Å². The molecule has 2 aromatic carbocycles. The minimum absolute atomic E-state index is 0.0352. The number of nitro benzene ring substituents is 1. The average Bonchev–Trinajstić information content (AvgIpc) is 3.01. The van der Waals surface area contributed by atoms with E-state index in [2.05, 4.69) is 22.0 Å². The van der Waals surface area contributed by atoms with Crippen LogP contribution in [0, 0.1) is 10.1 Å². The molecule has 3 aromatic rings. The van der Waals surface area contributed by atoms with Gasteiger partial charge in [0.05, 0.1) is 20.1 Å². The minimum Gasteiger partial charge on any atom is -0.443 e. The van der Waals surface area contributed by atoms with Crippen LogP contribution in [0.25, 0.3) is 21.3 Å². The summed E-state index contributed by atoms with van der Waals surface area (Å²) in [4.78, 5) is 26.7. The summed E-state index contributed by atoms with van der Waals surface area (Å²) in [6.07, 6.45) is 0.409. The lowest BCUT2D eigenvalue weighted by Crippen LogP contribution is -2.33. The van der Waals surface area contributed by atoms with Crippen LogP contribution in [0.2, 0.25) is 0 Å². The molecule has 0 aliphatic rings. The first kappa shape index (κ1) is 21.2. The molecule has 0 aliphatic carbocycles. The van der Waals surface area contributed by atoms with Crippen molar-refractivity contribution in [2.24, 2.45) is 5.73 Å². The van der Waals surface area contributed by atoms with Gasteiger partial charge in [0.2, 0.25) is 0 Å². The van der Waals surface area contributed by atoms with Crippen LogP contribution in [-0.4, -0.2) is 26.9 Å². The number of aromatic nitrogens is 1. The van der Waals surface area contributed by atoms with Crippen LogP contribution in [0.15, 0.2) is 36.4 Å². The van der Waals surface area contributed by atoms with Crippen LogP contribution in [0.1, 0.15) is 24.4 Å². The van der Waals surface area contributed by atoms with Crippen LogP contribution >= 0.6 is 27.3 Å². The van der Waals surface area contributed by atoms with Crippen molar-refractivity contribution in [1.82, 2.24) is 4.98 Å². The number of non-ortho nitro benzene ring substituents is 1. The molecule has 2 N–H and O–H groups in total. The molecule has 9 heteroatoms. The predicted octanol–water partition coefficient (Wildman–Crippen LogP) is 5.23. The lowest BCUT2D eigenvalue weighted by Gasteiger charge is -2.22. The van der Waals surface area contributed by atoms with Gasteiger partial charge in [0, 0.05) is 29.4 Å². The van der Waals surface area contributed by atoms with E-state index in [4.69, 9.17) is 15.5 Å². The van der Waals surface area contributed by atoms with Gasteiger partial charge in [0.25, 0.3) is 5.69 Å². The topological polar surface area (TPSA) is 108 Å². The Morgan fingerprint density at radius 1 is 1.34 bits per heavy atom.